The maximum absolute atomic E-state index is 12.8. The minimum absolute atomic E-state index is 0.0330. The molecule has 0 spiro atoms. The van der Waals surface area contributed by atoms with Crippen LogP contribution in [0.25, 0.3) is 0 Å². The van der Waals surface area contributed by atoms with E-state index in [1.54, 1.807) is 0 Å². The summed E-state index contributed by atoms with van der Waals surface area (Å²) in [6.45, 7) is 6.27. The zero-order chi connectivity index (χ0) is 20.4. The number of amides is 2. The molecule has 0 bridgehead atoms. The van der Waals surface area contributed by atoms with E-state index in [1.165, 1.54) is 16.9 Å². The SMILES string of the molecule is CC(C)c1ccc2c(c1)NC(=O)C[C@@H]1CCN(C(=O)c3cccs3)C[C@@H]1CCO2. The average Bonchev–Trinajstić information content (AvgIpc) is 3.24. The Labute approximate surface area is 176 Å². The average molecular weight is 413 g/mol. The summed E-state index contributed by atoms with van der Waals surface area (Å²) in [5, 5.41) is 5.01. The predicted octanol–water partition coefficient (Wildman–Crippen LogP) is 4.76. The number of carbonyl (C=O) groups excluding carboxylic acids is 2. The molecule has 2 atom stereocenters. The van der Waals surface area contributed by atoms with E-state index in [0.29, 0.717) is 32.0 Å². The second-order valence-electron chi connectivity index (χ2n) is 8.34. The van der Waals surface area contributed by atoms with Crippen LogP contribution in [0.4, 0.5) is 5.69 Å². The Kier molecular flexibility index (Phi) is 5.90. The number of anilines is 1. The second-order valence-corrected chi connectivity index (χ2v) is 9.28. The number of nitrogens with zero attached hydrogens (tertiary/aromatic N) is 1. The molecule has 0 aliphatic carbocycles. The summed E-state index contributed by atoms with van der Waals surface area (Å²) in [5.74, 6) is 1.81. The summed E-state index contributed by atoms with van der Waals surface area (Å²) in [5.41, 5.74) is 1.95. The van der Waals surface area contributed by atoms with Crippen molar-refractivity contribution in [3.05, 3.63) is 46.2 Å². The molecule has 29 heavy (non-hydrogen) atoms. The predicted molar refractivity (Wildman–Crippen MR) is 116 cm³/mol. The van der Waals surface area contributed by atoms with Gasteiger partial charge in [-0.3, -0.25) is 9.59 Å². The van der Waals surface area contributed by atoms with Gasteiger partial charge < -0.3 is 15.0 Å². The molecule has 2 aromatic rings. The Morgan fingerprint density at radius 1 is 1.24 bits per heavy atom. The number of thiophene rings is 1. The van der Waals surface area contributed by atoms with E-state index in [4.69, 9.17) is 4.74 Å². The molecule has 0 unspecified atom stereocenters. The lowest BCUT2D eigenvalue weighted by atomic mass is 9.81. The third-order valence-electron chi connectivity index (χ3n) is 6.05. The maximum Gasteiger partial charge on any atom is 0.263 e. The van der Waals surface area contributed by atoms with E-state index >= 15 is 0 Å². The largest absolute Gasteiger partial charge is 0.491 e. The number of ether oxygens (including phenoxy) is 1. The van der Waals surface area contributed by atoms with E-state index in [0.717, 1.165) is 29.2 Å². The van der Waals surface area contributed by atoms with Crippen molar-refractivity contribution in [2.24, 2.45) is 11.8 Å². The molecule has 2 aliphatic rings. The number of fused-ring (bicyclic) bond motifs is 2. The summed E-state index contributed by atoms with van der Waals surface area (Å²) in [6, 6.07) is 9.84. The van der Waals surface area contributed by atoms with Crippen LogP contribution >= 0.6 is 11.3 Å². The molecule has 2 aliphatic heterocycles. The lowest BCUT2D eigenvalue weighted by Gasteiger charge is -2.38. The van der Waals surface area contributed by atoms with Crippen molar-refractivity contribution >= 4 is 28.8 Å². The van der Waals surface area contributed by atoms with Crippen LogP contribution in [-0.4, -0.2) is 36.4 Å². The number of likely N-dealkylation sites (tertiary alicyclic amines) is 1. The van der Waals surface area contributed by atoms with Crippen molar-refractivity contribution in [2.75, 3.05) is 25.0 Å². The number of hydrogen-bond donors (Lipinski definition) is 1. The first kappa shape index (κ1) is 20.0. The molecule has 1 aromatic heterocycles. The molecule has 2 amide bonds. The standard InChI is InChI=1S/C23H28N2O3S/c1-15(2)16-5-6-20-19(12-16)24-22(26)13-17-7-9-25(14-18(17)8-10-28-20)23(27)21-4-3-11-29-21/h3-6,11-12,15,17-18H,7-10,13-14H2,1-2H3,(H,24,26)/t17-,18-/m0/s1. The molecule has 6 heteroatoms. The van der Waals surface area contributed by atoms with Gasteiger partial charge in [-0.25, -0.2) is 0 Å². The van der Waals surface area contributed by atoms with Crippen molar-refractivity contribution in [3.63, 3.8) is 0 Å². The summed E-state index contributed by atoms with van der Waals surface area (Å²) in [7, 11) is 0. The van der Waals surface area contributed by atoms with E-state index in [1.807, 2.05) is 34.5 Å². The smallest absolute Gasteiger partial charge is 0.263 e. The Morgan fingerprint density at radius 3 is 2.86 bits per heavy atom. The minimum atomic E-state index is 0.0330. The summed E-state index contributed by atoms with van der Waals surface area (Å²) < 4.78 is 6.05. The summed E-state index contributed by atoms with van der Waals surface area (Å²) in [4.78, 5) is 28.2. The van der Waals surface area contributed by atoms with Crippen LogP contribution in [0.1, 0.15) is 54.3 Å². The molecule has 0 radical (unpaired) electrons. The van der Waals surface area contributed by atoms with E-state index in [9.17, 15) is 9.59 Å². The fraction of sp³-hybridized carbons (Fsp3) is 0.478. The molecular formula is C23H28N2O3S. The first-order valence-corrected chi connectivity index (χ1v) is 11.3. The highest BCUT2D eigenvalue weighted by Crippen LogP contribution is 2.34. The van der Waals surface area contributed by atoms with Gasteiger partial charge in [-0.1, -0.05) is 26.0 Å². The van der Waals surface area contributed by atoms with Crippen molar-refractivity contribution in [2.45, 2.75) is 39.0 Å². The van der Waals surface area contributed by atoms with Gasteiger partial charge in [0.2, 0.25) is 5.91 Å². The number of rotatable bonds is 2. The van der Waals surface area contributed by atoms with Crippen LogP contribution in [0.3, 0.4) is 0 Å². The van der Waals surface area contributed by atoms with Gasteiger partial charge in [0.1, 0.15) is 5.75 Å². The Hall–Kier alpha value is -2.34. The zero-order valence-corrected chi connectivity index (χ0v) is 17.8. The van der Waals surface area contributed by atoms with Crippen molar-refractivity contribution in [1.29, 1.82) is 0 Å². The van der Waals surface area contributed by atoms with Crippen molar-refractivity contribution in [3.8, 4) is 5.75 Å². The summed E-state index contributed by atoms with van der Waals surface area (Å²) in [6.07, 6.45) is 2.20. The normalized spacial score (nSPS) is 22.3. The second kappa shape index (κ2) is 8.57. The monoisotopic (exact) mass is 412 g/mol. The summed E-state index contributed by atoms with van der Waals surface area (Å²) >= 11 is 1.48. The van der Waals surface area contributed by atoms with Crippen LogP contribution in [0.2, 0.25) is 0 Å². The first-order chi connectivity index (χ1) is 14.0. The van der Waals surface area contributed by atoms with Crippen molar-refractivity contribution in [1.82, 2.24) is 4.90 Å². The van der Waals surface area contributed by atoms with E-state index in [-0.39, 0.29) is 23.7 Å². The zero-order valence-electron chi connectivity index (χ0n) is 17.0. The van der Waals surface area contributed by atoms with Crippen LogP contribution in [0.5, 0.6) is 5.75 Å². The van der Waals surface area contributed by atoms with Gasteiger partial charge in [-0.15, -0.1) is 11.3 Å². The lowest BCUT2D eigenvalue weighted by Crippen LogP contribution is -2.45. The molecule has 0 saturated carbocycles. The Bertz CT molecular complexity index is 878. The molecule has 1 saturated heterocycles. The molecule has 4 rings (SSSR count). The molecule has 1 N–H and O–H groups in total. The third kappa shape index (κ3) is 4.47. The number of benzene rings is 1. The molecule has 1 aromatic carbocycles. The molecular weight excluding hydrogens is 384 g/mol. The molecule has 1 fully saturated rings. The highest BCUT2D eigenvalue weighted by Gasteiger charge is 2.34. The highest BCUT2D eigenvalue weighted by atomic mass is 32.1. The van der Waals surface area contributed by atoms with E-state index in [2.05, 4.69) is 25.2 Å². The van der Waals surface area contributed by atoms with Crippen LogP contribution in [0, 0.1) is 11.8 Å². The Balaban J connectivity index is 1.49. The fourth-order valence-electron chi connectivity index (χ4n) is 4.31. The molecule has 154 valence electrons. The number of carbonyl (C=O) groups is 2. The van der Waals surface area contributed by atoms with Crippen LogP contribution in [-0.2, 0) is 4.79 Å². The maximum atomic E-state index is 12.8. The Morgan fingerprint density at radius 2 is 2.10 bits per heavy atom. The number of nitrogens with one attached hydrogen (secondary N) is 1. The van der Waals surface area contributed by atoms with Gasteiger partial charge in [0.05, 0.1) is 17.2 Å². The van der Waals surface area contributed by atoms with Crippen LogP contribution < -0.4 is 10.1 Å². The van der Waals surface area contributed by atoms with Gasteiger partial charge in [0, 0.05) is 19.5 Å². The van der Waals surface area contributed by atoms with Gasteiger partial charge in [-0.2, -0.15) is 0 Å². The molecule has 3 heterocycles. The van der Waals surface area contributed by atoms with Gasteiger partial charge in [0.15, 0.2) is 0 Å². The van der Waals surface area contributed by atoms with E-state index < -0.39 is 0 Å². The topological polar surface area (TPSA) is 58.6 Å². The number of hydrogen-bond acceptors (Lipinski definition) is 4. The van der Waals surface area contributed by atoms with Gasteiger partial charge in [-0.05, 0) is 59.7 Å². The minimum Gasteiger partial charge on any atom is -0.491 e. The quantitative estimate of drug-likeness (QED) is 0.774. The fourth-order valence-corrected chi connectivity index (χ4v) is 5.00. The first-order valence-electron chi connectivity index (χ1n) is 10.4. The highest BCUT2D eigenvalue weighted by molar-refractivity contribution is 7.12. The van der Waals surface area contributed by atoms with Gasteiger partial charge >= 0.3 is 0 Å². The van der Waals surface area contributed by atoms with Gasteiger partial charge in [0.25, 0.3) is 5.91 Å². The van der Waals surface area contributed by atoms with Crippen LogP contribution in [0.15, 0.2) is 35.7 Å². The van der Waals surface area contributed by atoms with Crippen molar-refractivity contribution < 1.29 is 14.3 Å². The number of piperidine rings is 1. The third-order valence-corrected chi connectivity index (χ3v) is 6.91. The molecule has 5 nitrogen and oxygen atoms in total. The lowest BCUT2D eigenvalue weighted by molar-refractivity contribution is -0.118.